The molecule has 14 heavy (non-hydrogen) atoms. The lowest BCUT2D eigenvalue weighted by Gasteiger charge is -2.15. The summed E-state index contributed by atoms with van der Waals surface area (Å²) in [6.07, 6.45) is 7.53. The number of carbonyl (C=O) groups is 1. The molecule has 1 aliphatic rings. The van der Waals surface area contributed by atoms with Crippen LogP contribution in [0.1, 0.15) is 39.0 Å². The highest BCUT2D eigenvalue weighted by Gasteiger charge is 2.26. The van der Waals surface area contributed by atoms with E-state index in [1.807, 2.05) is 11.0 Å². The Bertz CT molecular complexity index is 200. The maximum atomic E-state index is 11.5. The molecule has 0 bridgehead atoms. The Morgan fingerprint density at radius 3 is 2.86 bits per heavy atom. The van der Waals surface area contributed by atoms with Crippen molar-refractivity contribution in [1.29, 1.82) is 0 Å². The highest BCUT2D eigenvalue weighted by Crippen LogP contribution is 2.18. The van der Waals surface area contributed by atoms with Crippen LogP contribution in [0.2, 0.25) is 0 Å². The molecule has 1 unspecified atom stereocenters. The highest BCUT2D eigenvalue weighted by atomic mass is 16.2. The third-order valence-electron chi connectivity index (χ3n) is 2.86. The number of amides is 1. The summed E-state index contributed by atoms with van der Waals surface area (Å²) in [5, 5.41) is 0. The molecule has 1 amide bonds. The standard InChI is InChI=1S/C12H21NO/c1-3-5-6-7-8-13-10-11(4-2)9-12(13)14/h4,11H,2-3,5-10H2,1H3. The van der Waals surface area contributed by atoms with Crippen molar-refractivity contribution in [3.05, 3.63) is 12.7 Å². The number of hydrogen-bond donors (Lipinski definition) is 0. The van der Waals surface area contributed by atoms with Gasteiger partial charge in [0.15, 0.2) is 0 Å². The SMILES string of the molecule is C=CC1CC(=O)N(CCCCCC)C1. The molecule has 0 N–H and O–H groups in total. The molecule has 1 atom stereocenters. The number of rotatable bonds is 6. The fourth-order valence-corrected chi connectivity index (χ4v) is 1.91. The van der Waals surface area contributed by atoms with E-state index in [0.717, 1.165) is 19.5 Å². The molecule has 0 saturated carbocycles. The second-order valence-corrected chi connectivity index (χ2v) is 4.10. The van der Waals surface area contributed by atoms with Crippen LogP contribution >= 0.6 is 0 Å². The van der Waals surface area contributed by atoms with Crippen molar-refractivity contribution in [2.45, 2.75) is 39.0 Å². The Hall–Kier alpha value is -0.790. The third kappa shape index (κ3) is 3.17. The van der Waals surface area contributed by atoms with Gasteiger partial charge in [0.25, 0.3) is 0 Å². The van der Waals surface area contributed by atoms with Crippen LogP contribution in [-0.2, 0) is 4.79 Å². The van der Waals surface area contributed by atoms with Crippen LogP contribution in [0, 0.1) is 5.92 Å². The first kappa shape index (κ1) is 11.3. The van der Waals surface area contributed by atoms with Gasteiger partial charge in [0.1, 0.15) is 0 Å². The molecule has 2 heteroatoms. The van der Waals surface area contributed by atoms with Gasteiger partial charge in [0.2, 0.25) is 5.91 Å². The van der Waals surface area contributed by atoms with Crippen LogP contribution in [0.5, 0.6) is 0 Å². The Labute approximate surface area is 87.0 Å². The highest BCUT2D eigenvalue weighted by molar-refractivity contribution is 5.78. The fraction of sp³-hybridized carbons (Fsp3) is 0.750. The van der Waals surface area contributed by atoms with Crippen molar-refractivity contribution in [2.24, 2.45) is 5.92 Å². The van der Waals surface area contributed by atoms with E-state index < -0.39 is 0 Å². The fourth-order valence-electron chi connectivity index (χ4n) is 1.91. The molecule has 1 heterocycles. The van der Waals surface area contributed by atoms with E-state index in [0.29, 0.717) is 18.2 Å². The van der Waals surface area contributed by atoms with E-state index in [4.69, 9.17) is 0 Å². The van der Waals surface area contributed by atoms with Gasteiger partial charge in [-0.15, -0.1) is 6.58 Å². The van der Waals surface area contributed by atoms with Gasteiger partial charge in [-0.25, -0.2) is 0 Å². The van der Waals surface area contributed by atoms with Crippen molar-refractivity contribution in [3.8, 4) is 0 Å². The van der Waals surface area contributed by atoms with Crippen molar-refractivity contribution in [3.63, 3.8) is 0 Å². The molecule has 80 valence electrons. The molecule has 1 saturated heterocycles. The number of nitrogens with zero attached hydrogens (tertiary/aromatic N) is 1. The topological polar surface area (TPSA) is 20.3 Å². The van der Waals surface area contributed by atoms with Gasteiger partial charge in [-0.1, -0.05) is 32.3 Å². The number of unbranched alkanes of at least 4 members (excludes halogenated alkanes) is 3. The lowest BCUT2D eigenvalue weighted by Crippen LogP contribution is -2.26. The predicted octanol–water partition coefficient (Wildman–Crippen LogP) is 2.60. The summed E-state index contributed by atoms with van der Waals surface area (Å²) in [6.45, 7) is 7.79. The zero-order chi connectivity index (χ0) is 10.4. The van der Waals surface area contributed by atoms with Gasteiger partial charge in [-0.05, 0) is 6.42 Å². The molecule has 1 rings (SSSR count). The first-order valence-electron chi connectivity index (χ1n) is 5.68. The summed E-state index contributed by atoms with van der Waals surface area (Å²) in [6, 6.07) is 0. The van der Waals surface area contributed by atoms with Gasteiger partial charge in [0, 0.05) is 25.4 Å². The van der Waals surface area contributed by atoms with Crippen molar-refractivity contribution in [1.82, 2.24) is 4.90 Å². The second-order valence-electron chi connectivity index (χ2n) is 4.10. The molecule has 1 aliphatic heterocycles. The van der Waals surface area contributed by atoms with Gasteiger partial charge in [-0.2, -0.15) is 0 Å². The van der Waals surface area contributed by atoms with Gasteiger partial charge >= 0.3 is 0 Å². The summed E-state index contributed by atoms with van der Waals surface area (Å²) < 4.78 is 0. The summed E-state index contributed by atoms with van der Waals surface area (Å²) in [5.41, 5.74) is 0. The first-order chi connectivity index (χ1) is 6.77. The van der Waals surface area contributed by atoms with Gasteiger partial charge in [-0.3, -0.25) is 4.79 Å². The Morgan fingerprint density at radius 2 is 2.29 bits per heavy atom. The monoisotopic (exact) mass is 195 g/mol. The van der Waals surface area contributed by atoms with Crippen LogP contribution in [0.3, 0.4) is 0 Å². The van der Waals surface area contributed by atoms with E-state index in [9.17, 15) is 4.79 Å². The Morgan fingerprint density at radius 1 is 1.50 bits per heavy atom. The molecule has 0 spiro atoms. The number of carbonyl (C=O) groups excluding carboxylic acids is 1. The van der Waals surface area contributed by atoms with E-state index in [1.54, 1.807) is 0 Å². The quantitative estimate of drug-likeness (QED) is 0.471. The van der Waals surface area contributed by atoms with Crippen LogP contribution < -0.4 is 0 Å². The van der Waals surface area contributed by atoms with E-state index in [1.165, 1.54) is 19.3 Å². The Balaban J connectivity index is 2.18. The van der Waals surface area contributed by atoms with Gasteiger partial charge < -0.3 is 4.90 Å². The largest absolute Gasteiger partial charge is 0.342 e. The maximum absolute atomic E-state index is 11.5. The van der Waals surface area contributed by atoms with E-state index >= 15 is 0 Å². The minimum atomic E-state index is 0.311. The van der Waals surface area contributed by atoms with Crippen LogP contribution in [0.4, 0.5) is 0 Å². The molecule has 0 radical (unpaired) electrons. The summed E-state index contributed by atoms with van der Waals surface area (Å²) in [7, 11) is 0. The summed E-state index contributed by atoms with van der Waals surface area (Å²) >= 11 is 0. The zero-order valence-electron chi connectivity index (χ0n) is 9.17. The van der Waals surface area contributed by atoms with Crippen molar-refractivity contribution >= 4 is 5.91 Å². The summed E-state index contributed by atoms with van der Waals surface area (Å²) in [4.78, 5) is 13.5. The molecular weight excluding hydrogens is 174 g/mol. The molecule has 0 aliphatic carbocycles. The average molecular weight is 195 g/mol. The Kier molecular flexibility index (Phi) is 4.71. The van der Waals surface area contributed by atoms with Crippen LogP contribution in [-0.4, -0.2) is 23.9 Å². The molecule has 0 aromatic carbocycles. The first-order valence-corrected chi connectivity index (χ1v) is 5.68. The molecule has 1 fully saturated rings. The maximum Gasteiger partial charge on any atom is 0.223 e. The molecular formula is C12H21NO. The third-order valence-corrected chi connectivity index (χ3v) is 2.86. The predicted molar refractivity (Wildman–Crippen MR) is 59.0 cm³/mol. The molecule has 2 nitrogen and oxygen atoms in total. The lowest BCUT2D eigenvalue weighted by molar-refractivity contribution is -0.127. The molecule has 0 aromatic rings. The van der Waals surface area contributed by atoms with Crippen LogP contribution in [0.25, 0.3) is 0 Å². The van der Waals surface area contributed by atoms with Crippen molar-refractivity contribution < 1.29 is 4.79 Å². The zero-order valence-corrected chi connectivity index (χ0v) is 9.17. The van der Waals surface area contributed by atoms with Gasteiger partial charge in [0.05, 0.1) is 0 Å². The van der Waals surface area contributed by atoms with E-state index in [-0.39, 0.29) is 0 Å². The lowest BCUT2D eigenvalue weighted by atomic mass is 10.1. The van der Waals surface area contributed by atoms with Crippen LogP contribution in [0.15, 0.2) is 12.7 Å². The summed E-state index contributed by atoms with van der Waals surface area (Å²) in [5.74, 6) is 0.708. The number of likely N-dealkylation sites (tertiary alicyclic amines) is 1. The smallest absolute Gasteiger partial charge is 0.223 e. The second kappa shape index (κ2) is 5.84. The number of hydrogen-bond acceptors (Lipinski definition) is 1. The minimum absolute atomic E-state index is 0.311. The molecule has 0 aromatic heterocycles. The van der Waals surface area contributed by atoms with E-state index in [2.05, 4.69) is 13.5 Å². The normalized spacial score (nSPS) is 21.6. The minimum Gasteiger partial charge on any atom is -0.342 e. The van der Waals surface area contributed by atoms with Crippen molar-refractivity contribution in [2.75, 3.05) is 13.1 Å². The average Bonchev–Trinajstić information content (AvgIpc) is 2.54.